The fourth-order valence-electron chi connectivity index (χ4n) is 4.23. The zero-order valence-electron chi connectivity index (χ0n) is 19.6. The first-order valence-corrected chi connectivity index (χ1v) is 15.4. The molecule has 7 nitrogen and oxygen atoms in total. The number of nitrogens with zero attached hydrogens (tertiary/aromatic N) is 4. The zero-order chi connectivity index (χ0) is 25.2. The van der Waals surface area contributed by atoms with Crippen molar-refractivity contribution in [2.45, 2.75) is 30.9 Å². The molecule has 1 saturated heterocycles. The molecule has 4 rings (SSSR count). The van der Waals surface area contributed by atoms with Gasteiger partial charge in [-0.25, -0.2) is 13.4 Å². The highest BCUT2D eigenvalue weighted by Crippen LogP contribution is 2.35. The first-order chi connectivity index (χ1) is 16.7. The molecule has 35 heavy (non-hydrogen) atoms. The van der Waals surface area contributed by atoms with Crippen LogP contribution in [0, 0.1) is 5.92 Å². The van der Waals surface area contributed by atoms with E-state index in [0.29, 0.717) is 52.5 Å². The maximum atomic E-state index is 13.7. The van der Waals surface area contributed by atoms with Crippen LogP contribution < -0.4 is 4.90 Å². The number of benzene rings is 1. The molecule has 0 bridgehead atoms. The van der Waals surface area contributed by atoms with Crippen molar-refractivity contribution in [3.8, 4) is 0 Å². The van der Waals surface area contributed by atoms with Gasteiger partial charge in [0, 0.05) is 32.1 Å². The topological polar surface area (TPSA) is 73.8 Å². The molecule has 1 fully saturated rings. The lowest BCUT2D eigenvalue weighted by Gasteiger charge is -2.33. The minimum absolute atomic E-state index is 0.0106. The Morgan fingerprint density at radius 1 is 1.09 bits per heavy atom. The van der Waals surface area contributed by atoms with Crippen LogP contribution >= 0.6 is 45.9 Å². The number of carbonyl (C=O) groups excluding carboxylic acids is 1. The fourth-order valence-corrected chi connectivity index (χ4v) is 8.63. The first kappa shape index (κ1) is 26.8. The predicted molar refractivity (Wildman–Crippen MR) is 146 cm³/mol. The van der Waals surface area contributed by atoms with E-state index in [1.165, 1.54) is 21.7 Å². The van der Waals surface area contributed by atoms with Gasteiger partial charge in [-0.2, -0.15) is 4.31 Å². The third-order valence-electron chi connectivity index (χ3n) is 6.34. The molecule has 3 heterocycles. The molecule has 1 aliphatic rings. The summed E-state index contributed by atoms with van der Waals surface area (Å²) in [7, 11) is -3.60. The Labute approximate surface area is 224 Å². The molecule has 1 amide bonds. The monoisotopic (exact) mass is 574 g/mol. The normalized spacial score (nSPS) is 15.8. The number of thiophene rings is 1. The van der Waals surface area contributed by atoms with Crippen molar-refractivity contribution in [1.82, 2.24) is 14.2 Å². The van der Waals surface area contributed by atoms with Crippen molar-refractivity contribution in [2.75, 3.05) is 44.2 Å². The lowest BCUT2D eigenvalue weighted by Crippen LogP contribution is -2.46. The van der Waals surface area contributed by atoms with Gasteiger partial charge in [0.15, 0.2) is 5.13 Å². The highest BCUT2D eigenvalue weighted by molar-refractivity contribution is 7.91. The maximum Gasteiger partial charge on any atom is 0.252 e. The van der Waals surface area contributed by atoms with Gasteiger partial charge in [-0.15, -0.1) is 11.3 Å². The van der Waals surface area contributed by atoms with Gasteiger partial charge < -0.3 is 4.90 Å². The third kappa shape index (κ3) is 5.84. The van der Waals surface area contributed by atoms with Crippen LogP contribution in [-0.2, 0) is 14.8 Å². The van der Waals surface area contributed by atoms with Gasteiger partial charge in [-0.05, 0) is 50.2 Å². The SMILES string of the molecule is CCN(CC)CCN(C(=O)C1CCN(S(=O)(=O)c2ccc(Cl)s2)CC1)c1nc2c(Cl)cccc2s1. The van der Waals surface area contributed by atoms with E-state index >= 15 is 0 Å². The number of piperidine rings is 1. The lowest BCUT2D eigenvalue weighted by molar-refractivity contribution is -0.123. The number of rotatable bonds is 9. The molecule has 1 aromatic carbocycles. The average molecular weight is 576 g/mol. The van der Waals surface area contributed by atoms with Gasteiger partial charge in [-0.3, -0.25) is 9.69 Å². The molecule has 0 saturated carbocycles. The minimum atomic E-state index is -3.60. The molecule has 0 unspecified atom stereocenters. The van der Waals surface area contributed by atoms with Gasteiger partial charge >= 0.3 is 0 Å². The van der Waals surface area contributed by atoms with E-state index in [9.17, 15) is 13.2 Å². The standard InChI is InChI=1S/C23H28Cl2N4O3S3/c1-3-27(4-2)14-15-29(23-26-21-17(24)6-5-7-18(21)33-23)22(30)16-10-12-28(13-11-16)35(31,32)20-9-8-19(25)34-20/h5-9,16H,3-4,10-15H2,1-2H3. The number of halogens is 2. The summed E-state index contributed by atoms with van der Waals surface area (Å²) in [6.07, 6.45) is 0.926. The highest BCUT2D eigenvalue weighted by Gasteiger charge is 2.35. The average Bonchev–Trinajstić information content (AvgIpc) is 3.49. The summed E-state index contributed by atoms with van der Waals surface area (Å²) in [5, 5.41) is 1.20. The number of aromatic nitrogens is 1. The Hall–Kier alpha value is -1.27. The van der Waals surface area contributed by atoms with E-state index in [1.54, 1.807) is 17.0 Å². The molecule has 0 aliphatic carbocycles. The smallest absolute Gasteiger partial charge is 0.252 e. The highest BCUT2D eigenvalue weighted by atomic mass is 35.5. The van der Waals surface area contributed by atoms with Crippen molar-refractivity contribution in [3.63, 3.8) is 0 Å². The number of thiazole rings is 1. The Bertz CT molecular complexity index is 1280. The largest absolute Gasteiger partial charge is 0.302 e. The van der Waals surface area contributed by atoms with E-state index in [-0.39, 0.29) is 16.0 Å². The molecule has 1 aliphatic heterocycles. The second-order valence-corrected chi connectivity index (χ2v) is 13.6. The molecule has 190 valence electrons. The molecular weight excluding hydrogens is 547 g/mol. The van der Waals surface area contributed by atoms with Crippen LogP contribution in [-0.4, -0.2) is 67.8 Å². The molecule has 0 N–H and O–H groups in total. The minimum Gasteiger partial charge on any atom is -0.302 e. The van der Waals surface area contributed by atoms with E-state index in [4.69, 9.17) is 28.2 Å². The van der Waals surface area contributed by atoms with Crippen LogP contribution in [0.5, 0.6) is 0 Å². The van der Waals surface area contributed by atoms with Gasteiger partial charge in [-0.1, -0.05) is 54.5 Å². The summed E-state index contributed by atoms with van der Waals surface area (Å²) >= 11 is 14.8. The summed E-state index contributed by atoms with van der Waals surface area (Å²) < 4.78 is 29.0. The number of likely N-dealkylation sites (N-methyl/N-ethyl adjacent to an activating group) is 1. The molecule has 12 heteroatoms. The molecular formula is C23H28Cl2N4O3S3. The Balaban J connectivity index is 1.52. The van der Waals surface area contributed by atoms with Gasteiger partial charge in [0.2, 0.25) is 5.91 Å². The Kier molecular flexibility index (Phi) is 8.73. The van der Waals surface area contributed by atoms with E-state index in [2.05, 4.69) is 18.7 Å². The van der Waals surface area contributed by atoms with Crippen LogP contribution in [0.2, 0.25) is 9.36 Å². The van der Waals surface area contributed by atoms with Crippen LogP contribution in [0.1, 0.15) is 26.7 Å². The summed E-state index contributed by atoms with van der Waals surface area (Å²) in [5.74, 6) is -0.281. The lowest BCUT2D eigenvalue weighted by atomic mass is 9.96. The Morgan fingerprint density at radius 2 is 1.80 bits per heavy atom. The summed E-state index contributed by atoms with van der Waals surface area (Å²) in [6.45, 7) is 7.83. The molecule has 0 atom stereocenters. The molecule has 2 aromatic heterocycles. The Morgan fingerprint density at radius 3 is 2.40 bits per heavy atom. The summed E-state index contributed by atoms with van der Waals surface area (Å²) in [6, 6.07) is 8.76. The van der Waals surface area contributed by atoms with Gasteiger partial charge in [0.1, 0.15) is 9.73 Å². The van der Waals surface area contributed by atoms with Crippen LogP contribution in [0.25, 0.3) is 10.2 Å². The zero-order valence-corrected chi connectivity index (χ0v) is 23.6. The number of carbonyl (C=O) groups is 1. The molecule has 3 aromatic rings. The summed E-state index contributed by atoms with van der Waals surface area (Å²) in [5.41, 5.74) is 0.699. The second-order valence-electron chi connectivity index (χ2n) is 8.34. The number of para-hydroxylation sites is 1. The van der Waals surface area contributed by atoms with Crippen LogP contribution in [0.15, 0.2) is 34.5 Å². The van der Waals surface area contributed by atoms with Crippen LogP contribution in [0.3, 0.4) is 0 Å². The number of hydrogen-bond donors (Lipinski definition) is 0. The number of fused-ring (bicyclic) bond motifs is 1. The van der Waals surface area contributed by atoms with Gasteiger partial charge in [0.25, 0.3) is 10.0 Å². The van der Waals surface area contributed by atoms with Crippen molar-refractivity contribution >= 4 is 77.2 Å². The molecule has 0 radical (unpaired) electrons. The van der Waals surface area contributed by atoms with Crippen molar-refractivity contribution in [2.24, 2.45) is 5.92 Å². The van der Waals surface area contributed by atoms with E-state index in [0.717, 1.165) is 35.7 Å². The number of anilines is 1. The third-order valence-corrected chi connectivity index (χ3v) is 11.3. The quantitative estimate of drug-likeness (QED) is 0.340. The van der Waals surface area contributed by atoms with Gasteiger partial charge in [0.05, 0.1) is 14.1 Å². The summed E-state index contributed by atoms with van der Waals surface area (Å²) in [4.78, 5) is 22.5. The predicted octanol–water partition coefficient (Wildman–Crippen LogP) is 5.44. The number of amides is 1. The molecule has 0 spiro atoms. The number of hydrogen-bond acceptors (Lipinski definition) is 7. The van der Waals surface area contributed by atoms with E-state index < -0.39 is 10.0 Å². The fraction of sp³-hybridized carbons (Fsp3) is 0.478. The van der Waals surface area contributed by atoms with Crippen LogP contribution in [0.4, 0.5) is 5.13 Å². The number of sulfonamides is 1. The van der Waals surface area contributed by atoms with Crippen molar-refractivity contribution < 1.29 is 13.2 Å². The van der Waals surface area contributed by atoms with E-state index in [1.807, 2.05) is 12.1 Å². The second kappa shape index (κ2) is 11.4. The maximum absolute atomic E-state index is 13.7. The van der Waals surface area contributed by atoms with Crippen molar-refractivity contribution in [3.05, 3.63) is 39.7 Å². The first-order valence-electron chi connectivity index (χ1n) is 11.6. The van der Waals surface area contributed by atoms with Crippen molar-refractivity contribution in [1.29, 1.82) is 0 Å².